The van der Waals surface area contributed by atoms with Crippen molar-refractivity contribution in [2.45, 2.75) is 25.7 Å². The number of rotatable bonds is 8. The van der Waals surface area contributed by atoms with Crippen LogP contribution in [0.25, 0.3) is 11.1 Å². The summed E-state index contributed by atoms with van der Waals surface area (Å²) in [6.07, 6.45) is 4.60. The summed E-state index contributed by atoms with van der Waals surface area (Å²) in [7, 11) is 0. The van der Waals surface area contributed by atoms with Crippen LogP contribution in [0.3, 0.4) is 0 Å². The highest BCUT2D eigenvalue weighted by atomic mass is 35.5. The number of nitrogens with two attached hydrogens (primary N) is 1. The summed E-state index contributed by atoms with van der Waals surface area (Å²) < 4.78 is 5.82. The highest BCUT2D eigenvalue weighted by Gasteiger charge is 1.99. The fourth-order valence-electron chi connectivity index (χ4n) is 2.19. The highest BCUT2D eigenvalue weighted by molar-refractivity contribution is 5.85. The van der Waals surface area contributed by atoms with Crippen molar-refractivity contribution >= 4 is 12.4 Å². The van der Waals surface area contributed by atoms with Crippen molar-refractivity contribution in [3.05, 3.63) is 54.6 Å². The minimum absolute atomic E-state index is 0. The van der Waals surface area contributed by atoms with Gasteiger partial charge in [0.15, 0.2) is 0 Å². The fraction of sp³-hybridized carbons (Fsp3) is 0.333. The van der Waals surface area contributed by atoms with Crippen molar-refractivity contribution in [3.8, 4) is 16.9 Å². The standard InChI is InChI=1S/C18H23NO.ClH/c19-13-6-1-2-7-14-20-18-12-8-11-17(15-18)16-9-4-3-5-10-16;/h3-5,8-12,15H,1-2,6-7,13-14,19H2;1H. The average Bonchev–Trinajstić information content (AvgIpc) is 2.52. The lowest BCUT2D eigenvalue weighted by Crippen LogP contribution is -2.00. The van der Waals surface area contributed by atoms with E-state index in [1.807, 2.05) is 18.2 Å². The summed E-state index contributed by atoms with van der Waals surface area (Å²) in [6.45, 7) is 1.57. The molecule has 0 atom stereocenters. The fourth-order valence-corrected chi connectivity index (χ4v) is 2.19. The molecule has 0 aliphatic heterocycles. The first kappa shape index (κ1) is 17.5. The van der Waals surface area contributed by atoms with Crippen LogP contribution >= 0.6 is 12.4 Å². The Kier molecular flexibility index (Phi) is 8.56. The van der Waals surface area contributed by atoms with Gasteiger partial charge >= 0.3 is 0 Å². The summed E-state index contributed by atoms with van der Waals surface area (Å²) in [5.74, 6) is 0.949. The number of benzene rings is 2. The van der Waals surface area contributed by atoms with Gasteiger partial charge in [0, 0.05) is 0 Å². The molecule has 2 aromatic rings. The van der Waals surface area contributed by atoms with Crippen molar-refractivity contribution < 1.29 is 4.74 Å². The van der Waals surface area contributed by atoms with Crippen molar-refractivity contribution in [1.82, 2.24) is 0 Å². The van der Waals surface area contributed by atoms with Gasteiger partial charge in [0.25, 0.3) is 0 Å². The lowest BCUT2D eigenvalue weighted by Gasteiger charge is -2.08. The van der Waals surface area contributed by atoms with Crippen molar-refractivity contribution in [2.75, 3.05) is 13.2 Å². The van der Waals surface area contributed by atoms with Gasteiger partial charge in [-0.25, -0.2) is 0 Å². The van der Waals surface area contributed by atoms with E-state index >= 15 is 0 Å². The third-order valence-corrected chi connectivity index (χ3v) is 3.31. The maximum Gasteiger partial charge on any atom is 0.119 e. The molecule has 21 heavy (non-hydrogen) atoms. The molecule has 2 aromatic carbocycles. The summed E-state index contributed by atoms with van der Waals surface area (Å²) in [4.78, 5) is 0. The third kappa shape index (κ3) is 6.19. The SMILES string of the molecule is Cl.NCCCCCCOc1cccc(-c2ccccc2)c1. The van der Waals surface area contributed by atoms with Crippen LogP contribution in [0.15, 0.2) is 54.6 Å². The Morgan fingerprint density at radius 1 is 0.762 bits per heavy atom. The van der Waals surface area contributed by atoms with Crippen LogP contribution in [0.4, 0.5) is 0 Å². The van der Waals surface area contributed by atoms with Gasteiger partial charge in [0.2, 0.25) is 0 Å². The molecule has 114 valence electrons. The van der Waals surface area contributed by atoms with E-state index in [1.54, 1.807) is 0 Å². The molecule has 0 fully saturated rings. The Bertz CT molecular complexity index is 502. The minimum atomic E-state index is 0. The first-order valence-electron chi connectivity index (χ1n) is 7.38. The lowest BCUT2D eigenvalue weighted by atomic mass is 10.1. The molecule has 0 aromatic heterocycles. The smallest absolute Gasteiger partial charge is 0.119 e. The van der Waals surface area contributed by atoms with Gasteiger partial charge in [-0.2, -0.15) is 0 Å². The third-order valence-electron chi connectivity index (χ3n) is 3.31. The summed E-state index contributed by atoms with van der Waals surface area (Å²) in [6, 6.07) is 18.7. The molecule has 0 radical (unpaired) electrons. The first-order valence-corrected chi connectivity index (χ1v) is 7.38. The first-order chi connectivity index (χ1) is 9.90. The van der Waals surface area contributed by atoms with Gasteiger partial charge in [-0.05, 0) is 42.6 Å². The molecule has 0 unspecified atom stereocenters. The second kappa shape index (κ2) is 10.3. The van der Waals surface area contributed by atoms with Crippen LogP contribution in [0.2, 0.25) is 0 Å². The normalized spacial score (nSPS) is 9.95. The maximum absolute atomic E-state index is 5.82. The average molecular weight is 306 g/mol. The van der Waals surface area contributed by atoms with Crippen LogP contribution in [0, 0.1) is 0 Å². The number of halogens is 1. The van der Waals surface area contributed by atoms with Gasteiger partial charge in [-0.15, -0.1) is 12.4 Å². The van der Waals surface area contributed by atoms with Crippen molar-refractivity contribution in [3.63, 3.8) is 0 Å². The van der Waals surface area contributed by atoms with E-state index in [4.69, 9.17) is 10.5 Å². The Hall–Kier alpha value is -1.51. The number of unbranched alkanes of at least 4 members (excludes halogenated alkanes) is 3. The molecule has 0 aliphatic carbocycles. The Morgan fingerprint density at radius 3 is 2.24 bits per heavy atom. The van der Waals surface area contributed by atoms with Gasteiger partial charge < -0.3 is 10.5 Å². The molecule has 0 heterocycles. The molecular formula is C18H24ClNO. The van der Waals surface area contributed by atoms with Crippen molar-refractivity contribution in [1.29, 1.82) is 0 Å². The van der Waals surface area contributed by atoms with Crippen molar-refractivity contribution in [2.24, 2.45) is 5.73 Å². The predicted molar refractivity (Wildman–Crippen MR) is 92.1 cm³/mol. The van der Waals surface area contributed by atoms with Gasteiger partial charge in [-0.3, -0.25) is 0 Å². The van der Waals surface area contributed by atoms with E-state index in [0.29, 0.717) is 0 Å². The summed E-state index contributed by atoms with van der Waals surface area (Å²) in [5, 5.41) is 0. The van der Waals surface area contributed by atoms with E-state index in [0.717, 1.165) is 31.7 Å². The maximum atomic E-state index is 5.82. The Labute approximate surface area is 133 Å². The largest absolute Gasteiger partial charge is 0.494 e. The molecule has 0 spiro atoms. The van der Waals surface area contributed by atoms with Crippen LogP contribution < -0.4 is 10.5 Å². The quantitative estimate of drug-likeness (QED) is 0.719. The van der Waals surface area contributed by atoms with Gasteiger partial charge in [0.1, 0.15) is 5.75 Å². The molecule has 2 N–H and O–H groups in total. The molecule has 0 aliphatic rings. The lowest BCUT2D eigenvalue weighted by molar-refractivity contribution is 0.305. The summed E-state index contributed by atoms with van der Waals surface area (Å²) >= 11 is 0. The molecule has 0 saturated carbocycles. The topological polar surface area (TPSA) is 35.2 Å². The zero-order valence-corrected chi connectivity index (χ0v) is 13.1. The van der Waals surface area contributed by atoms with Crippen LogP contribution in [-0.2, 0) is 0 Å². The van der Waals surface area contributed by atoms with E-state index in [9.17, 15) is 0 Å². The Balaban J connectivity index is 0.00000220. The molecule has 3 heteroatoms. The monoisotopic (exact) mass is 305 g/mol. The zero-order valence-electron chi connectivity index (χ0n) is 12.3. The predicted octanol–water partition coefficient (Wildman–Crippen LogP) is 4.67. The number of ether oxygens (including phenoxy) is 1. The van der Waals surface area contributed by atoms with Gasteiger partial charge in [0.05, 0.1) is 6.61 Å². The molecule has 2 rings (SSSR count). The molecule has 0 amide bonds. The van der Waals surface area contributed by atoms with E-state index < -0.39 is 0 Å². The molecule has 0 bridgehead atoms. The molecule has 0 saturated heterocycles. The van der Waals surface area contributed by atoms with Crippen LogP contribution in [0.1, 0.15) is 25.7 Å². The zero-order chi connectivity index (χ0) is 14.0. The number of hydrogen-bond acceptors (Lipinski definition) is 2. The van der Waals surface area contributed by atoms with Crippen LogP contribution in [-0.4, -0.2) is 13.2 Å². The van der Waals surface area contributed by atoms with E-state index in [1.165, 1.54) is 24.0 Å². The molecular weight excluding hydrogens is 282 g/mol. The van der Waals surface area contributed by atoms with E-state index in [2.05, 4.69) is 36.4 Å². The number of hydrogen-bond donors (Lipinski definition) is 1. The summed E-state index contributed by atoms with van der Waals surface area (Å²) in [5.41, 5.74) is 7.90. The minimum Gasteiger partial charge on any atom is -0.494 e. The van der Waals surface area contributed by atoms with Crippen LogP contribution in [0.5, 0.6) is 5.75 Å². The van der Waals surface area contributed by atoms with E-state index in [-0.39, 0.29) is 12.4 Å². The second-order valence-corrected chi connectivity index (χ2v) is 4.95. The Morgan fingerprint density at radius 2 is 1.48 bits per heavy atom. The second-order valence-electron chi connectivity index (χ2n) is 4.95. The molecule has 2 nitrogen and oxygen atoms in total. The van der Waals surface area contributed by atoms with Gasteiger partial charge in [-0.1, -0.05) is 55.3 Å². The highest BCUT2D eigenvalue weighted by Crippen LogP contribution is 2.23.